The molecule has 76 valence electrons. The van der Waals surface area contributed by atoms with Gasteiger partial charge in [0.15, 0.2) is 5.78 Å². The van der Waals surface area contributed by atoms with E-state index in [2.05, 4.69) is 4.74 Å². The van der Waals surface area contributed by atoms with Crippen molar-refractivity contribution in [1.29, 1.82) is 5.41 Å². The fourth-order valence-electron chi connectivity index (χ4n) is 1.04. The van der Waals surface area contributed by atoms with Crippen molar-refractivity contribution in [3.05, 3.63) is 41.5 Å². The van der Waals surface area contributed by atoms with Crippen LogP contribution < -0.4 is 0 Å². The van der Waals surface area contributed by atoms with Gasteiger partial charge in [0.2, 0.25) is 0 Å². The molecule has 0 saturated heterocycles. The van der Waals surface area contributed by atoms with E-state index in [0.717, 1.165) is 6.08 Å². The van der Waals surface area contributed by atoms with Crippen LogP contribution in [0.1, 0.15) is 20.7 Å². The smallest absolute Gasteiger partial charge is 0.337 e. The summed E-state index contributed by atoms with van der Waals surface area (Å²) in [5.74, 6) is 1.13. The maximum absolute atomic E-state index is 11.2. The number of allylic oxidation sites excluding steroid dienone is 1. The number of carbonyl (C=O) groups excluding carboxylic acids is 2. The molecule has 15 heavy (non-hydrogen) atoms. The summed E-state index contributed by atoms with van der Waals surface area (Å²) >= 11 is 0. The number of rotatable bonds is 3. The molecular weight excluding hydrogens is 194 g/mol. The lowest BCUT2D eigenvalue weighted by Gasteiger charge is -1.99. The predicted molar refractivity (Wildman–Crippen MR) is 54.4 cm³/mol. The Morgan fingerprint density at radius 1 is 1.27 bits per heavy atom. The molecule has 0 aliphatic rings. The Morgan fingerprint density at radius 3 is 2.27 bits per heavy atom. The predicted octanol–water partition coefficient (Wildman–Crippen LogP) is 1.46. The molecule has 0 fully saturated rings. The highest BCUT2D eigenvalue weighted by molar-refractivity contribution is 6.08. The van der Waals surface area contributed by atoms with Crippen molar-refractivity contribution in [3.8, 4) is 0 Å². The first-order valence-electron chi connectivity index (χ1n) is 4.17. The van der Waals surface area contributed by atoms with Gasteiger partial charge in [0.25, 0.3) is 0 Å². The minimum atomic E-state index is -0.448. The van der Waals surface area contributed by atoms with Crippen molar-refractivity contribution in [2.75, 3.05) is 7.11 Å². The van der Waals surface area contributed by atoms with Gasteiger partial charge in [0.1, 0.15) is 0 Å². The molecule has 0 unspecified atom stereocenters. The molecule has 0 saturated carbocycles. The first-order chi connectivity index (χ1) is 7.19. The molecule has 4 heteroatoms. The molecule has 1 N–H and O–H groups in total. The number of ether oxygens (including phenoxy) is 1. The molecule has 0 radical (unpaired) electrons. The molecule has 0 amide bonds. The molecule has 0 aromatic heterocycles. The zero-order chi connectivity index (χ0) is 11.3. The lowest BCUT2D eigenvalue weighted by Crippen LogP contribution is -2.02. The van der Waals surface area contributed by atoms with Gasteiger partial charge in [-0.3, -0.25) is 10.2 Å². The molecule has 1 aromatic carbocycles. The average Bonchev–Trinajstić information content (AvgIpc) is 2.28. The molecule has 4 nitrogen and oxygen atoms in total. The third-order valence-corrected chi connectivity index (χ3v) is 1.79. The zero-order valence-electron chi connectivity index (χ0n) is 8.11. The first kappa shape index (κ1) is 10.9. The monoisotopic (exact) mass is 203 g/mol. The second-order valence-electron chi connectivity index (χ2n) is 2.72. The van der Waals surface area contributed by atoms with Crippen LogP contribution in [0, 0.1) is 5.41 Å². The molecule has 0 aliphatic carbocycles. The van der Waals surface area contributed by atoms with Crippen LogP contribution in [-0.4, -0.2) is 24.7 Å². The summed E-state index contributed by atoms with van der Waals surface area (Å²) in [6.45, 7) is 0. The summed E-state index contributed by atoms with van der Waals surface area (Å²) in [4.78, 5) is 22.3. The van der Waals surface area contributed by atoms with Gasteiger partial charge in [-0.15, -0.1) is 0 Å². The van der Waals surface area contributed by atoms with Gasteiger partial charge in [-0.25, -0.2) is 4.79 Å². The van der Waals surface area contributed by atoms with E-state index in [9.17, 15) is 9.59 Å². The highest BCUT2D eigenvalue weighted by atomic mass is 16.5. The number of esters is 1. The Morgan fingerprint density at radius 2 is 1.80 bits per heavy atom. The lowest BCUT2D eigenvalue weighted by molar-refractivity contribution is 0.0600. The van der Waals surface area contributed by atoms with Crippen molar-refractivity contribution in [2.24, 2.45) is 0 Å². The van der Waals surface area contributed by atoms with E-state index in [0.29, 0.717) is 11.1 Å². The van der Waals surface area contributed by atoms with E-state index in [1.807, 2.05) is 5.87 Å². The van der Waals surface area contributed by atoms with Crippen molar-refractivity contribution < 1.29 is 14.3 Å². The highest BCUT2D eigenvalue weighted by Gasteiger charge is 2.06. The minimum Gasteiger partial charge on any atom is -0.465 e. The van der Waals surface area contributed by atoms with Crippen LogP contribution in [0.15, 0.2) is 30.3 Å². The first-order valence-corrected chi connectivity index (χ1v) is 4.17. The second kappa shape index (κ2) is 4.88. The van der Waals surface area contributed by atoms with Crippen molar-refractivity contribution >= 4 is 17.6 Å². The van der Waals surface area contributed by atoms with Crippen LogP contribution >= 0.6 is 0 Å². The summed E-state index contributed by atoms with van der Waals surface area (Å²) in [6, 6.07) is 6.00. The Labute approximate surface area is 86.7 Å². The van der Waals surface area contributed by atoms with E-state index < -0.39 is 5.97 Å². The highest BCUT2D eigenvalue weighted by Crippen LogP contribution is 2.06. The van der Waals surface area contributed by atoms with E-state index >= 15 is 0 Å². The van der Waals surface area contributed by atoms with Gasteiger partial charge < -0.3 is 4.74 Å². The Kier molecular flexibility index (Phi) is 3.55. The maximum atomic E-state index is 11.2. The Hall–Kier alpha value is -2.19. The maximum Gasteiger partial charge on any atom is 0.337 e. The van der Waals surface area contributed by atoms with Crippen LogP contribution in [0.25, 0.3) is 0 Å². The third kappa shape index (κ3) is 2.62. The number of hydrogen-bond donors (Lipinski definition) is 1. The van der Waals surface area contributed by atoms with Crippen LogP contribution in [-0.2, 0) is 4.74 Å². The number of ketones is 1. The van der Waals surface area contributed by atoms with Gasteiger partial charge in [-0.05, 0) is 18.0 Å². The van der Waals surface area contributed by atoms with E-state index in [4.69, 9.17) is 5.41 Å². The molecule has 0 atom stereocenters. The molecule has 0 heterocycles. The van der Waals surface area contributed by atoms with Gasteiger partial charge in [0, 0.05) is 11.6 Å². The number of benzene rings is 1. The number of carbonyl (C=O) groups is 2. The van der Waals surface area contributed by atoms with Gasteiger partial charge in [-0.2, -0.15) is 0 Å². The topological polar surface area (TPSA) is 67.2 Å². The van der Waals surface area contributed by atoms with E-state index in [1.165, 1.54) is 31.4 Å². The minimum absolute atomic E-state index is 0.318. The standard InChI is InChI=1S/C11H9NO3/c1-15-11(14)9-4-2-8(3-5-9)10(13)6-7-12/h2-6,12H,1H3. The molecule has 0 aliphatic heterocycles. The summed E-state index contributed by atoms with van der Waals surface area (Å²) in [5, 5.41) is 6.62. The van der Waals surface area contributed by atoms with Crippen LogP contribution in [0.2, 0.25) is 0 Å². The largest absolute Gasteiger partial charge is 0.465 e. The molecule has 1 rings (SSSR count). The zero-order valence-corrected chi connectivity index (χ0v) is 8.11. The molecule has 1 aromatic rings. The van der Waals surface area contributed by atoms with Crippen LogP contribution in [0.5, 0.6) is 0 Å². The normalized spacial score (nSPS) is 8.87. The number of nitrogens with one attached hydrogen (secondary N) is 1. The summed E-state index contributed by atoms with van der Waals surface area (Å²) in [5.41, 5.74) is 0.787. The fraction of sp³-hybridized carbons (Fsp3) is 0.0909. The Balaban J connectivity index is 2.94. The molecule has 0 bridgehead atoms. The summed E-state index contributed by atoms with van der Waals surface area (Å²) in [7, 11) is 1.29. The number of methoxy groups -OCH3 is 1. The van der Waals surface area contributed by atoms with Crippen molar-refractivity contribution in [1.82, 2.24) is 0 Å². The van der Waals surface area contributed by atoms with Crippen molar-refractivity contribution in [3.63, 3.8) is 0 Å². The van der Waals surface area contributed by atoms with Gasteiger partial charge >= 0.3 is 5.97 Å². The van der Waals surface area contributed by atoms with E-state index in [-0.39, 0.29) is 5.78 Å². The summed E-state index contributed by atoms with van der Waals surface area (Å²) in [6.07, 6.45) is 1.02. The van der Waals surface area contributed by atoms with Gasteiger partial charge in [0.05, 0.1) is 12.7 Å². The number of hydrogen-bond acceptors (Lipinski definition) is 4. The van der Waals surface area contributed by atoms with E-state index in [1.54, 1.807) is 0 Å². The van der Waals surface area contributed by atoms with Crippen LogP contribution in [0.4, 0.5) is 0 Å². The fourth-order valence-corrected chi connectivity index (χ4v) is 1.04. The molecular formula is C11H9NO3. The molecule has 0 spiro atoms. The second-order valence-corrected chi connectivity index (χ2v) is 2.72. The average molecular weight is 203 g/mol. The summed E-state index contributed by atoms with van der Waals surface area (Å²) < 4.78 is 4.51. The van der Waals surface area contributed by atoms with Crippen molar-refractivity contribution in [2.45, 2.75) is 0 Å². The third-order valence-electron chi connectivity index (χ3n) is 1.79. The Bertz CT molecular complexity index is 428. The van der Waals surface area contributed by atoms with Crippen LogP contribution in [0.3, 0.4) is 0 Å². The quantitative estimate of drug-likeness (QED) is 0.350. The van der Waals surface area contributed by atoms with Gasteiger partial charge in [-0.1, -0.05) is 12.1 Å². The SMILES string of the molecule is COC(=O)c1ccc(C(=O)C=C=N)cc1. The lowest BCUT2D eigenvalue weighted by atomic mass is 10.1.